The molecule has 0 aromatic carbocycles. The van der Waals surface area contributed by atoms with Crippen molar-refractivity contribution in [2.45, 2.75) is 19.3 Å². The average molecular weight is 242 g/mol. The van der Waals surface area contributed by atoms with E-state index in [2.05, 4.69) is 15.4 Å². The summed E-state index contributed by atoms with van der Waals surface area (Å²) in [5, 5.41) is 7.07. The number of nitrogens with one attached hydrogen (secondary N) is 1. The minimum Gasteiger partial charge on any atom is -0.323 e. The largest absolute Gasteiger partial charge is 0.323 e. The molecule has 3 rings (SSSR count). The molecule has 1 aliphatic carbocycles. The molecule has 92 valence electrons. The molecule has 0 aliphatic heterocycles. The number of hydrogen-bond donors (Lipinski definition) is 1. The zero-order valence-electron chi connectivity index (χ0n) is 9.91. The van der Waals surface area contributed by atoms with Crippen molar-refractivity contribution in [2.75, 3.05) is 5.32 Å². The fraction of sp³-hybridized carbons (Fsp3) is 0.308. The summed E-state index contributed by atoms with van der Waals surface area (Å²) in [5.74, 6) is 0.897. The molecular weight excluding hydrogens is 228 g/mol. The van der Waals surface area contributed by atoms with Gasteiger partial charge in [-0.05, 0) is 31.0 Å². The number of anilines is 1. The van der Waals surface area contributed by atoms with Crippen molar-refractivity contribution in [3.05, 3.63) is 36.8 Å². The molecule has 1 aliphatic rings. The molecule has 1 saturated carbocycles. The third-order valence-electron chi connectivity index (χ3n) is 3.24. The maximum absolute atomic E-state index is 11.9. The Morgan fingerprint density at radius 3 is 2.89 bits per heavy atom. The quantitative estimate of drug-likeness (QED) is 0.895. The summed E-state index contributed by atoms with van der Waals surface area (Å²) in [4.78, 5) is 16.2. The van der Waals surface area contributed by atoms with Crippen molar-refractivity contribution in [2.24, 2.45) is 5.92 Å². The van der Waals surface area contributed by atoms with Gasteiger partial charge in [-0.1, -0.05) is 6.42 Å². The van der Waals surface area contributed by atoms with E-state index in [9.17, 15) is 4.79 Å². The van der Waals surface area contributed by atoms with Gasteiger partial charge in [-0.15, -0.1) is 0 Å². The second kappa shape index (κ2) is 4.60. The van der Waals surface area contributed by atoms with Crippen LogP contribution in [0.4, 0.5) is 5.69 Å². The lowest BCUT2D eigenvalue weighted by molar-refractivity contribution is -0.122. The molecule has 2 heterocycles. The summed E-state index contributed by atoms with van der Waals surface area (Å²) in [6.45, 7) is 0. The van der Waals surface area contributed by atoms with Gasteiger partial charge < -0.3 is 5.32 Å². The van der Waals surface area contributed by atoms with Crippen LogP contribution in [-0.4, -0.2) is 20.7 Å². The Bertz CT molecular complexity index is 546. The fourth-order valence-electron chi connectivity index (χ4n) is 1.98. The molecule has 1 N–H and O–H groups in total. The topological polar surface area (TPSA) is 59.8 Å². The Kier molecular flexibility index (Phi) is 2.80. The van der Waals surface area contributed by atoms with Crippen LogP contribution in [0, 0.1) is 5.92 Å². The number of carbonyl (C=O) groups excluding carboxylic acids is 1. The normalized spacial score (nSPS) is 15.1. The van der Waals surface area contributed by atoms with E-state index in [-0.39, 0.29) is 11.8 Å². The molecule has 0 saturated heterocycles. The first-order valence-corrected chi connectivity index (χ1v) is 6.10. The molecule has 0 unspecified atom stereocenters. The lowest BCUT2D eigenvalue weighted by Crippen LogP contribution is -2.28. The third kappa shape index (κ3) is 1.99. The average Bonchev–Trinajstić information content (AvgIpc) is 2.80. The SMILES string of the molecule is O=C(Nc1cccnc1-n1cccn1)C1CCC1. The Balaban J connectivity index is 1.85. The highest BCUT2D eigenvalue weighted by Crippen LogP contribution is 2.28. The van der Waals surface area contributed by atoms with Gasteiger partial charge in [-0.2, -0.15) is 5.10 Å². The molecule has 0 bridgehead atoms. The molecule has 0 atom stereocenters. The van der Waals surface area contributed by atoms with Crippen LogP contribution in [0.15, 0.2) is 36.8 Å². The number of amides is 1. The Hall–Kier alpha value is -2.17. The summed E-state index contributed by atoms with van der Waals surface area (Å²) in [6.07, 6.45) is 8.31. The van der Waals surface area contributed by atoms with Crippen LogP contribution < -0.4 is 5.32 Å². The number of carbonyl (C=O) groups is 1. The number of aromatic nitrogens is 3. The first kappa shape index (κ1) is 11.0. The van der Waals surface area contributed by atoms with Crippen molar-refractivity contribution in [3.63, 3.8) is 0 Å². The highest BCUT2D eigenvalue weighted by atomic mass is 16.1. The van der Waals surface area contributed by atoms with Crippen LogP contribution in [0.3, 0.4) is 0 Å². The van der Waals surface area contributed by atoms with Gasteiger partial charge in [0.05, 0.1) is 5.69 Å². The van der Waals surface area contributed by atoms with Crippen molar-refractivity contribution in [1.82, 2.24) is 14.8 Å². The van der Waals surface area contributed by atoms with Gasteiger partial charge in [0.25, 0.3) is 0 Å². The van der Waals surface area contributed by atoms with Crippen LogP contribution in [0.1, 0.15) is 19.3 Å². The van der Waals surface area contributed by atoms with Crippen molar-refractivity contribution in [3.8, 4) is 5.82 Å². The summed E-state index contributed by atoms with van der Waals surface area (Å²) < 4.78 is 1.65. The molecule has 5 heteroatoms. The lowest BCUT2D eigenvalue weighted by Gasteiger charge is -2.24. The summed E-state index contributed by atoms with van der Waals surface area (Å²) in [7, 11) is 0. The Morgan fingerprint density at radius 2 is 2.22 bits per heavy atom. The van der Waals surface area contributed by atoms with Gasteiger partial charge in [-0.25, -0.2) is 9.67 Å². The summed E-state index contributed by atoms with van der Waals surface area (Å²) in [6, 6.07) is 5.48. The van der Waals surface area contributed by atoms with Crippen LogP contribution in [0.5, 0.6) is 0 Å². The van der Waals surface area contributed by atoms with Gasteiger partial charge >= 0.3 is 0 Å². The molecule has 0 radical (unpaired) electrons. The molecule has 2 aromatic rings. The second-order valence-electron chi connectivity index (χ2n) is 4.44. The highest BCUT2D eigenvalue weighted by Gasteiger charge is 2.25. The molecule has 1 amide bonds. The molecule has 5 nitrogen and oxygen atoms in total. The van der Waals surface area contributed by atoms with E-state index in [1.807, 2.05) is 18.2 Å². The molecule has 2 aromatic heterocycles. The molecular formula is C13H14N4O. The van der Waals surface area contributed by atoms with Gasteiger partial charge in [-0.3, -0.25) is 4.79 Å². The fourth-order valence-corrected chi connectivity index (χ4v) is 1.98. The van der Waals surface area contributed by atoms with Gasteiger partial charge in [0, 0.05) is 24.5 Å². The molecule has 1 fully saturated rings. The van der Waals surface area contributed by atoms with Crippen LogP contribution in [-0.2, 0) is 4.79 Å². The van der Waals surface area contributed by atoms with Crippen molar-refractivity contribution < 1.29 is 4.79 Å². The summed E-state index contributed by atoms with van der Waals surface area (Å²) >= 11 is 0. The molecule has 0 spiro atoms. The van der Waals surface area contributed by atoms with Crippen LogP contribution >= 0.6 is 0 Å². The van der Waals surface area contributed by atoms with E-state index >= 15 is 0 Å². The zero-order chi connectivity index (χ0) is 12.4. The Morgan fingerprint density at radius 1 is 1.33 bits per heavy atom. The first-order chi connectivity index (χ1) is 8.84. The van der Waals surface area contributed by atoms with E-state index in [0.29, 0.717) is 11.5 Å². The number of nitrogens with zero attached hydrogens (tertiary/aromatic N) is 3. The van der Waals surface area contributed by atoms with Gasteiger partial charge in [0.15, 0.2) is 5.82 Å². The van der Waals surface area contributed by atoms with Gasteiger partial charge in [0.2, 0.25) is 5.91 Å². The second-order valence-corrected chi connectivity index (χ2v) is 4.44. The van der Waals surface area contributed by atoms with Crippen LogP contribution in [0.2, 0.25) is 0 Å². The smallest absolute Gasteiger partial charge is 0.227 e. The Labute approximate surface area is 105 Å². The maximum atomic E-state index is 11.9. The first-order valence-electron chi connectivity index (χ1n) is 6.10. The zero-order valence-corrected chi connectivity index (χ0v) is 9.91. The standard InChI is InChI=1S/C13H14N4O/c18-13(10-4-1-5-10)16-11-6-2-7-14-12(11)17-9-3-8-15-17/h2-3,6-10H,1,4-5H2,(H,16,18). The number of pyridine rings is 1. The van der Waals surface area contributed by atoms with E-state index in [1.165, 1.54) is 0 Å². The maximum Gasteiger partial charge on any atom is 0.227 e. The van der Waals surface area contributed by atoms with E-state index in [1.54, 1.807) is 23.3 Å². The monoisotopic (exact) mass is 242 g/mol. The van der Waals surface area contributed by atoms with Crippen LogP contribution in [0.25, 0.3) is 5.82 Å². The minimum absolute atomic E-state index is 0.0858. The molecule has 18 heavy (non-hydrogen) atoms. The van der Waals surface area contributed by atoms with E-state index in [0.717, 1.165) is 19.3 Å². The third-order valence-corrected chi connectivity index (χ3v) is 3.24. The number of hydrogen-bond acceptors (Lipinski definition) is 3. The highest BCUT2D eigenvalue weighted by molar-refractivity contribution is 5.94. The van der Waals surface area contributed by atoms with Gasteiger partial charge in [0.1, 0.15) is 0 Å². The predicted molar refractivity (Wildman–Crippen MR) is 67.3 cm³/mol. The predicted octanol–water partition coefficient (Wildman–Crippen LogP) is 2.01. The minimum atomic E-state index is 0.0858. The van der Waals surface area contributed by atoms with Crippen molar-refractivity contribution in [1.29, 1.82) is 0 Å². The summed E-state index contributed by atoms with van der Waals surface area (Å²) in [5.41, 5.74) is 0.707. The number of rotatable bonds is 3. The van der Waals surface area contributed by atoms with Crippen molar-refractivity contribution >= 4 is 11.6 Å². The van der Waals surface area contributed by atoms with E-state index in [4.69, 9.17) is 0 Å². The van der Waals surface area contributed by atoms with E-state index < -0.39 is 0 Å². The lowest BCUT2D eigenvalue weighted by atomic mass is 9.85.